The van der Waals surface area contributed by atoms with E-state index in [2.05, 4.69) is 22.7 Å². The molecule has 0 radical (unpaired) electrons. The fourth-order valence-corrected chi connectivity index (χ4v) is 2.71. The van der Waals surface area contributed by atoms with Crippen LogP contribution in [0, 0.1) is 12.3 Å². The van der Waals surface area contributed by atoms with Gasteiger partial charge in [0.2, 0.25) is 5.91 Å². The van der Waals surface area contributed by atoms with Crippen molar-refractivity contribution in [1.29, 1.82) is 0 Å². The van der Waals surface area contributed by atoms with E-state index in [1.807, 2.05) is 24.0 Å². The van der Waals surface area contributed by atoms with Crippen LogP contribution in [0.1, 0.15) is 31.7 Å². The molecule has 2 heterocycles. The first kappa shape index (κ1) is 14.1. The molecule has 0 saturated carbocycles. The highest BCUT2D eigenvalue weighted by atomic mass is 16.2. The summed E-state index contributed by atoms with van der Waals surface area (Å²) in [5, 5.41) is 10.6. The lowest BCUT2D eigenvalue weighted by atomic mass is 9.76. The monoisotopic (exact) mass is 264 g/mol. The number of carbonyl (C=O) groups is 1. The summed E-state index contributed by atoms with van der Waals surface area (Å²) >= 11 is 0. The van der Waals surface area contributed by atoms with Crippen LogP contribution in [0.5, 0.6) is 0 Å². The number of nitrogens with zero attached hydrogens (tertiary/aromatic N) is 2. The number of carbonyl (C=O) groups excluding carboxylic acids is 1. The Morgan fingerprint density at radius 1 is 1.53 bits per heavy atom. The molecule has 5 nitrogen and oxygen atoms in total. The average molecular weight is 264 g/mol. The van der Waals surface area contributed by atoms with Gasteiger partial charge >= 0.3 is 0 Å². The first-order valence-corrected chi connectivity index (χ1v) is 7.14. The van der Waals surface area contributed by atoms with Crippen molar-refractivity contribution in [3.05, 3.63) is 18.0 Å². The number of piperidine rings is 1. The highest BCUT2D eigenvalue weighted by Crippen LogP contribution is 2.32. The molecule has 1 aromatic rings. The molecule has 19 heavy (non-hydrogen) atoms. The summed E-state index contributed by atoms with van der Waals surface area (Å²) in [7, 11) is 0. The second kappa shape index (κ2) is 6.19. The van der Waals surface area contributed by atoms with Gasteiger partial charge in [-0.1, -0.05) is 6.92 Å². The molecule has 5 heteroatoms. The van der Waals surface area contributed by atoms with E-state index in [9.17, 15) is 4.79 Å². The summed E-state index contributed by atoms with van der Waals surface area (Å²) in [6, 6.07) is 0. The molecule has 0 atom stereocenters. The molecule has 0 unspecified atom stereocenters. The van der Waals surface area contributed by atoms with Crippen LogP contribution in [0.25, 0.3) is 0 Å². The maximum Gasteiger partial charge on any atom is 0.226 e. The summed E-state index contributed by atoms with van der Waals surface area (Å²) in [4.78, 5) is 12.4. The van der Waals surface area contributed by atoms with Crippen molar-refractivity contribution in [1.82, 2.24) is 20.4 Å². The van der Waals surface area contributed by atoms with Crippen LogP contribution in [0.15, 0.2) is 12.4 Å². The smallest absolute Gasteiger partial charge is 0.226 e. The van der Waals surface area contributed by atoms with Crippen LogP contribution >= 0.6 is 0 Å². The molecule has 1 amide bonds. The van der Waals surface area contributed by atoms with Gasteiger partial charge in [0, 0.05) is 12.7 Å². The second-order valence-corrected chi connectivity index (χ2v) is 5.42. The molecule has 1 aliphatic heterocycles. The predicted octanol–water partition coefficient (Wildman–Crippen LogP) is 1.09. The number of aromatic nitrogens is 2. The zero-order valence-corrected chi connectivity index (χ0v) is 11.9. The molecule has 0 spiro atoms. The van der Waals surface area contributed by atoms with Gasteiger partial charge in [-0.05, 0) is 44.8 Å². The Kier molecular flexibility index (Phi) is 4.58. The van der Waals surface area contributed by atoms with Crippen LogP contribution in [0.4, 0.5) is 0 Å². The van der Waals surface area contributed by atoms with Crippen molar-refractivity contribution >= 4 is 5.91 Å². The Morgan fingerprint density at radius 3 is 2.84 bits per heavy atom. The van der Waals surface area contributed by atoms with E-state index < -0.39 is 0 Å². The Morgan fingerprint density at radius 2 is 2.26 bits per heavy atom. The molecule has 106 valence electrons. The van der Waals surface area contributed by atoms with Crippen molar-refractivity contribution in [2.75, 3.05) is 19.6 Å². The SMILES string of the molecule is CCC1(C(=O)NCCn2cc(C)cn2)CCNCC1. The van der Waals surface area contributed by atoms with E-state index in [0.717, 1.165) is 44.5 Å². The minimum atomic E-state index is -0.161. The number of nitrogens with one attached hydrogen (secondary N) is 2. The number of aryl methyl sites for hydroxylation is 1. The van der Waals surface area contributed by atoms with Crippen molar-refractivity contribution in [3.8, 4) is 0 Å². The maximum atomic E-state index is 12.4. The van der Waals surface area contributed by atoms with Crippen LogP contribution in [0.3, 0.4) is 0 Å². The molecule has 1 fully saturated rings. The third kappa shape index (κ3) is 3.35. The standard InChI is InChI=1S/C14H24N4O/c1-3-14(4-6-15-7-5-14)13(19)16-8-9-18-11-12(2)10-17-18/h10-11,15H,3-9H2,1-2H3,(H,16,19). The van der Waals surface area contributed by atoms with Gasteiger partial charge in [-0.3, -0.25) is 9.48 Å². The normalized spacial score (nSPS) is 18.2. The van der Waals surface area contributed by atoms with Crippen LogP contribution in [-0.4, -0.2) is 35.3 Å². The minimum absolute atomic E-state index is 0.161. The fraction of sp³-hybridized carbons (Fsp3) is 0.714. The van der Waals surface area contributed by atoms with E-state index >= 15 is 0 Å². The minimum Gasteiger partial charge on any atom is -0.354 e. The third-order valence-electron chi connectivity index (χ3n) is 4.11. The number of hydrogen-bond acceptors (Lipinski definition) is 3. The van der Waals surface area contributed by atoms with E-state index in [-0.39, 0.29) is 11.3 Å². The van der Waals surface area contributed by atoms with Crippen LogP contribution < -0.4 is 10.6 Å². The maximum absolute atomic E-state index is 12.4. The van der Waals surface area contributed by atoms with E-state index in [0.29, 0.717) is 6.54 Å². The molecule has 1 aliphatic rings. The largest absolute Gasteiger partial charge is 0.354 e. The van der Waals surface area contributed by atoms with Gasteiger partial charge in [0.05, 0.1) is 18.2 Å². The summed E-state index contributed by atoms with van der Waals surface area (Å²) in [6.45, 7) is 7.40. The number of hydrogen-bond donors (Lipinski definition) is 2. The Labute approximate surface area is 114 Å². The predicted molar refractivity (Wildman–Crippen MR) is 74.8 cm³/mol. The fourth-order valence-electron chi connectivity index (χ4n) is 2.71. The Hall–Kier alpha value is -1.36. The lowest BCUT2D eigenvalue weighted by Gasteiger charge is -2.35. The topological polar surface area (TPSA) is 59.0 Å². The first-order valence-electron chi connectivity index (χ1n) is 7.14. The van der Waals surface area contributed by atoms with E-state index in [1.54, 1.807) is 0 Å². The molecule has 1 aromatic heterocycles. The van der Waals surface area contributed by atoms with E-state index in [1.165, 1.54) is 0 Å². The van der Waals surface area contributed by atoms with Crippen molar-refractivity contribution < 1.29 is 4.79 Å². The average Bonchev–Trinajstić information content (AvgIpc) is 2.85. The van der Waals surface area contributed by atoms with Gasteiger partial charge in [0.1, 0.15) is 0 Å². The number of amides is 1. The Bertz CT molecular complexity index is 421. The lowest BCUT2D eigenvalue weighted by molar-refractivity contribution is -0.132. The molecule has 0 aromatic carbocycles. The molecule has 1 saturated heterocycles. The number of rotatable bonds is 5. The third-order valence-corrected chi connectivity index (χ3v) is 4.11. The molecular weight excluding hydrogens is 240 g/mol. The summed E-state index contributed by atoms with van der Waals surface area (Å²) in [5.41, 5.74) is 0.986. The summed E-state index contributed by atoms with van der Waals surface area (Å²) < 4.78 is 1.87. The van der Waals surface area contributed by atoms with Crippen molar-refractivity contribution in [2.45, 2.75) is 39.7 Å². The van der Waals surface area contributed by atoms with Gasteiger partial charge in [0.15, 0.2) is 0 Å². The van der Waals surface area contributed by atoms with Crippen molar-refractivity contribution in [3.63, 3.8) is 0 Å². The second-order valence-electron chi connectivity index (χ2n) is 5.42. The molecule has 0 aliphatic carbocycles. The Balaban J connectivity index is 1.82. The van der Waals surface area contributed by atoms with Gasteiger partial charge in [-0.25, -0.2) is 0 Å². The highest BCUT2D eigenvalue weighted by Gasteiger charge is 2.37. The first-order chi connectivity index (χ1) is 9.16. The van der Waals surface area contributed by atoms with Gasteiger partial charge in [-0.15, -0.1) is 0 Å². The zero-order valence-electron chi connectivity index (χ0n) is 11.9. The summed E-state index contributed by atoms with van der Waals surface area (Å²) in [6.07, 6.45) is 6.63. The molecule has 2 N–H and O–H groups in total. The van der Waals surface area contributed by atoms with E-state index in [4.69, 9.17) is 0 Å². The summed E-state index contributed by atoms with van der Waals surface area (Å²) in [5.74, 6) is 0.209. The zero-order chi connectivity index (χ0) is 13.7. The van der Waals surface area contributed by atoms with Crippen LogP contribution in [-0.2, 0) is 11.3 Å². The van der Waals surface area contributed by atoms with Crippen LogP contribution in [0.2, 0.25) is 0 Å². The highest BCUT2D eigenvalue weighted by molar-refractivity contribution is 5.82. The van der Waals surface area contributed by atoms with Gasteiger partial charge in [0.25, 0.3) is 0 Å². The quantitative estimate of drug-likeness (QED) is 0.837. The molecule has 0 bridgehead atoms. The van der Waals surface area contributed by atoms with Crippen molar-refractivity contribution in [2.24, 2.45) is 5.41 Å². The van der Waals surface area contributed by atoms with Gasteiger partial charge in [-0.2, -0.15) is 5.10 Å². The molecule has 2 rings (SSSR count). The van der Waals surface area contributed by atoms with Gasteiger partial charge < -0.3 is 10.6 Å². The molecular formula is C14H24N4O. The lowest BCUT2D eigenvalue weighted by Crippen LogP contribution is -2.47.